The molecule has 0 atom stereocenters. The second-order valence-electron chi connectivity index (χ2n) is 8.68. The van der Waals surface area contributed by atoms with Crippen LogP contribution in [-0.2, 0) is 22.6 Å². The van der Waals surface area contributed by atoms with Crippen molar-refractivity contribution >= 4 is 22.7 Å². The van der Waals surface area contributed by atoms with Crippen LogP contribution in [0, 0.1) is 11.2 Å². The number of nitrogen functional groups attached to an aromatic ring is 1. The molecule has 0 fully saturated rings. The smallest absolute Gasteiger partial charge is 0.310 e. The van der Waals surface area contributed by atoms with Crippen LogP contribution in [-0.4, -0.2) is 28.2 Å². The Hall–Kier alpha value is -4.20. The third-order valence-corrected chi connectivity index (χ3v) is 5.85. The Balaban J connectivity index is 1.71. The number of nitrogens with one attached hydrogen (secondary N) is 1. The molecule has 3 aromatic carbocycles. The maximum absolute atomic E-state index is 15.1. The van der Waals surface area contributed by atoms with E-state index in [0.29, 0.717) is 29.2 Å². The number of rotatable bonds is 9. The molecule has 0 unspecified atom stereocenters. The maximum Gasteiger partial charge on any atom is 0.310 e. The zero-order valence-electron chi connectivity index (χ0n) is 20.5. The van der Waals surface area contributed by atoms with Crippen molar-refractivity contribution in [3.05, 3.63) is 83.3 Å². The topological polar surface area (TPSA) is 103 Å². The summed E-state index contributed by atoms with van der Waals surface area (Å²) in [6.45, 7) is 6.33. The monoisotopic (exact) mass is 488 g/mol. The normalized spacial score (nSPS) is 11.1. The van der Waals surface area contributed by atoms with E-state index < -0.39 is 5.82 Å². The number of nitrogens with zero attached hydrogens (tertiary/aromatic N) is 2. The number of hydrogen-bond acceptors (Lipinski definition) is 5. The molecule has 8 heteroatoms. The zero-order chi connectivity index (χ0) is 25.8. The molecule has 0 aliphatic carbocycles. The van der Waals surface area contributed by atoms with E-state index in [-0.39, 0.29) is 36.4 Å². The molecule has 36 heavy (non-hydrogen) atoms. The van der Waals surface area contributed by atoms with Gasteiger partial charge in [-0.3, -0.25) is 14.9 Å². The Morgan fingerprint density at radius 2 is 1.92 bits per heavy atom. The van der Waals surface area contributed by atoms with Crippen LogP contribution in [0.25, 0.3) is 22.0 Å². The summed E-state index contributed by atoms with van der Waals surface area (Å²) < 4.78 is 28.2. The number of hydrogen-bond donors (Lipinski definition) is 2. The van der Waals surface area contributed by atoms with Crippen molar-refractivity contribution in [2.75, 3.05) is 6.61 Å². The fraction of sp³-hybridized carbons (Fsp3) is 0.250. The van der Waals surface area contributed by atoms with E-state index in [1.807, 2.05) is 61.0 Å². The van der Waals surface area contributed by atoms with Crippen LogP contribution < -0.4 is 10.5 Å². The van der Waals surface area contributed by atoms with Crippen LogP contribution in [0.15, 0.2) is 60.7 Å². The van der Waals surface area contributed by atoms with Crippen LogP contribution in [0.1, 0.15) is 43.6 Å². The molecule has 0 aliphatic rings. The van der Waals surface area contributed by atoms with Gasteiger partial charge in [-0.05, 0) is 50.6 Å². The van der Waals surface area contributed by atoms with Gasteiger partial charge in [0.1, 0.15) is 29.7 Å². The van der Waals surface area contributed by atoms with Crippen molar-refractivity contribution in [3.63, 3.8) is 0 Å². The van der Waals surface area contributed by atoms with Gasteiger partial charge >= 0.3 is 5.97 Å². The minimum absolute atomic E-state index is 0.0623. The lowest BCUT2D eigenvalue weighted by Crippen LogP contribution is -2.13. The van der Waals surface area contributed by atoms with Crippen LogP contribution in [0.4, 0.5) is 4.39 Å². The fourth-order valence-electron chi connectivity index (χ4n) is 4.14. The average molecular weight is 489 g/mol. The first kappa shape index (κ1) is 24.9. The van der Waals surface area contributed by atoms with Gasteiger partial charge in [-0.1, -0.05) is 36.4 Å². The van der Waals surface area contributed by atoms with Gasteiger partial charge in [-0.2, -0.15) is 5.10 Å². The number of esters is 1. The van der Waals surface area contributed by atoms with Crippen LogP contribution in [0.2, 0.25) is 0 Å². The fourth-order valence-corrected chi connectivity index (χ4v) is 4.14. The Morgan fingerprint density at radius 3 is 2.64 bits per heavy atom. The Bertz CT molecular complexity index is 1430. The number of fused-ring (bicyclic) bond motifs is 1. The minimum Gasteiger partial charge on any atom is -0.487 e. The van der Waals surface area contributed by atoms with E-state index in [1.54, 1.807) is 19.1 Å². The number of benzene rings is 3. The van der Waals surface area contributed by atoms with Gasteiger partial charge in [0.05, 0.1) is 24.1 Å². The molecule has 0 saturated heterocycles. The van der Waals surface area contributed by atoms with E-state index in [0.717, 1.165) is 16.5 Å². The first-order chi connectivity index (χ1) is 17.3. The number of ether oxygens (including phenoxy) is 2. The molecular weight excluding hydrogens is 459 g/mol. The van der Waals surface area contributed by atoms with Gasteiger partial charge in [0.2, 0.25) is 0 Å². The molecule has 3 N–H and O–H groups in total. The Labute approximate surface area is 209 Å². The molecule has 0 bridgehead atoms. The highest BCUT2D eigenvalue weighted by Crippen LogP contribution is 2.31. The molecule has 0 amide bonds. The van der Waals surface area contributed by atoms with E-state index >= 15 is 4.39 Å². The van der Waals surface area contributed by atoms with E-state index in [4.69, 9.17) is 25.7 Å². The van der Waals surface area contributed by atoms with Crippen molar-refractivity contribution in [1.82, 2.24) is 9.78 Å². The third kappa shape index (κ3) is 5.07. The molecule has 186 valence electrons. The maximum atomic E-state index is 15.1. The lowest BCUT2D eigenvalue weighted by Gasteiger charge is -2.11. The molecular formula is C28H29FN4O3. The highest BCUT2D eigenvalue weighted by atomic mass is 19.1. The molecule has 7 nitrogen and oxygen atoms in total. The van der Waals surface area contributed by atoms with Crippen molar-refractivity contribution in [3.8, 4) is 16.9 Å². The SMILES string of the molecule is CCOC(=O)Cc1ccccc1OCc1nn(C(C)C)c2ccc(-c3cccc(C(=N)N)c3F)cc12. The van der Waals surface area contributed by atoms with Crippen molar-refractivity contribution in [2.45, 2.75) is 39.8 Å². The number of amidine groups is 1. The number of carbonyl (C=O) groups excluding carboxylic acids is 1. The van der Waals surface area contributed by atoms with Crippen LogP contribution in [0.3, 0.4) is 0 Å². The summed E-state index contributed by atoms with van der Waals surface area (Å²) in [5.74, 6) is -0.596. The lowest BCUT2D eigenvalue weighted by atomic mass is 9.99. The second kappa shape index (κ2) is 10.6. The number of halogens is 1. The lowest BCUT2D eigenvalue weighted by molar-refractivity contribution is -0.142. The first-order valence-electron chi connectivity index (χ1n) is 11.8. The summed E-state index contributed by atoms with van der Waals surface area (Å²) in [6.07, 6.45) is 0.112. The molecule has 0 saturated carbocycles. The predicted octanol–water partition coefficient (Wildman–Crippen LogP) is 5.39. The van der Waals surface area contributed by atoms with Crippen molar-refractivity contribution in [2.24, 2.45) is 5.73 Å². The molecule has 4 rings (SSSR count). The Kier molecular flexibility index (Phi) is 7.33. The summed E-state index contributed by atoms with van der Waals surface area (Å²) in [6, 6.07) is 17.9. The van der Waals surface area contributed by atoms with Gasteiger partial charge in [-0.15, -0.1) is 0 Å². The minimum atomic E-state index is -0.536. The molecule has 0 spiro atoms. The zero-order valence-corrected chi connectivity index (χ0v) is 20.5. The van der Waals surface area contributed by atoms with Crippen LogP contribution in [0.5, 0.6) is 5.75 Å². The third-order valence-electron chi connectivity index (χ3n) is 5.85. The quantitative estimate of drug-likeness (QED) is 0.187. The second-order valence-corrected chi connectivity index (χ2v) is 8.68. The molecule has 4 aromatic rings. The molecule has 0 aliphatic heterocycles. The number of aromatic nitrogens is 2. The molecule has 1 heterocycles. The van der Waals surface area contributed by atoms with E-state index in [2.05, 4.69) is 0 Å². The summed E-state index contributed by atoms with van der Waals surface area (Å²) in [7, 11) is 0. The average Bonchev–Trinajstić information content (AvgIpc) is 3.22. The number of carbonyl (C=O) groups is 1. The molecule has 0 radical (unpaired) electrons. The molecule has 1 aromatic heterocycles. The van der Waals surface area contributed by atoms with Crippen molar-refractivity contribution in [1.29, 1.82) is 5.41 Å². The standard InChI is InChI=1S/C28H29FN4O3/c1-4-35-26(34)15-19-8-5-6-11-25(19)36-16-23-22-14-18(12-13-24(22)33(32-23)17(2)3)20-9-7-10-21(27(20)29)28(30)31/h5-14,17H,4,15-16H2,1-3H3,(H3,30,31). The van der Waals surface area contributed by atoms with Gasteiger partial charge in [0, 0.05) is 22.6 Å². The largest absolute Gasteiger partial charge is 0.487 e. The summed E-state index contributed by atoms with van der Waals surface area (Å²) >= 11 is 0. The van der Waals surface area contributed by atoms with Crippen LogP contribution >= 0.6 is 0 Å². The Morgan fingerprint density at radius 1 is 1.14 bits per heavy atom. The highest BCUT2D eigenvalue weighted by molar-refractivity contribution is 5.97. The number of nitrogens with two attached hydrogens (primary N) is 1. The van der Waals surface area contributed by atoms with Gasteiger partial charge in [0.25, 0.3) is 0 Å². The summed E-state index contributed by atoms with van der Waals surface area (Å²) in [5.41, 5.74) is 8.93. The van der Waals surface area contributed by atoms with Crippen molar-refractivity contribution < 1.29 is 18.7 Å². The van der Waals surface area contributed by atoms with Gasteiger partial charge in [-0.25, -0.2) is 4.39 Å². The predicted molar refractivity (Wildman–Crippen MR) is 138 cm³/mol. The van der Waals surface area contributed by atoms with E-state index in [1.165, 1.54) is 6.07 Å². The summed E-state index contributed by atoms with van der Waals surface area (Å²) in [4.78, 5) is 12.0. The van der Waals surface area contributed by atoms with Gasteiger partial charge < -0.3 is 15.2 Å². The summed E-state index contributed by atoms with van der Waals surface area (Å²) in [5, 5.41) is 13.3. The van der Waals surface area contributed by atoms with E-state index in [9.17, 15) is 4.79 Å². The van der Waals surface area contributed by atoms with Gasteiger partial charge in [0.15, 0.2) is 0 Å². The highest BCUT2D eigenvalue weighted by Gasteiger charge is 2.18. The first-order valence-corrected chi connectivity index (χ1v) is 11.8. The number of para-hydroxylation sites is 1.